The molecule has 11 atom stereocenters. The van der Waals surface area contributed by atoms with Crippen LogP contribution >= 0.6 is 0 Å². The summed E-state index contributed by atoms with van der Waals surface area (Å²) in [5.74, 6) is 1.74. The molecule has 0 aromatic heterocycles. The summed E-state index contributed by atoms with van der Waals surface area (Å²) in [7, 11) is 8.79. The van der Waals surface area contributed by atoms with E-state index in [1.54, 1.807) is 0 Å². The predicted molar refractivity (Wildman–Crippen MR) is 130 cm³/mol. The van der Waals surface area contributed by atoms with E-state index in [1.165, 1.54) is 44.9 Å². The third-order valence-electron chi connectivity index (χ3n) is 13.2. The molecular formula is C28H50N2O2. The Morgan fingerprint density at radius 1 is 0.875 bits per heavy atom. The molecule has 5 fully saturated rings. The maximum atomic E-state index is 11.4. The van der Waals surface area contributed by atoms with E-state index in [-0.39, 0.29) is 22.3 Å². The highest BCUT2D eigenvalue weighted by molar-refractivity contribution is 5.31. The molecule has 5 aliphatic rings. The Balaban J connectivity index is 1.51. The minimum absolute atomic E-state index is 0.00897. The lowest BCUT2D eigenvalue weighted by molar-refractivity contribution is -0.162. The van der Waals surface area contributed by atoms with Crippen molar-refractivity contribution in [1.29, 1.82) is 0 Å². The zero-order valence-corrected chi connectivity index (χ0v) is 22.1. The minimum atomic E-state index is -0.183. The van der Waals surface area contributed by atoms with E-state index in [0.717, 1.165) is 12.3 Å². The molecule has 0 amide bonds. The summed E-state index contributed by atoms with van der Waals surface area (Å²) in [5, 5.41) is 22.1. The third-order valence-corrected chi connectivity index (χ3v) is 13.2. The van der Waals surface area contributed by atoms with Gasteiger partial charge in [-0.3, -0.25) is 0 Å². The topological polar surface area (TPSA) is 46.9 Å². The van der Waals surface area contributed by atoms with E-state index in [0.29, 0.717) is 41.4 Å². The number of aliphatic hydroxyl groups is 2. The molecule has 4 nitrogen and oxygen atoms in total. The lowest BCUT2D eigenvalue weighted by atomic mass is 9.41. The quantitative estimate of drug-likeness (QED) is 0.678. The van der Waals surface area contributed by atoms with Gasteiger partial charge in [-0.2, -0.15) is 0 Å². The van der Waals surface area contributed by atoms with Crippen LogP contribution in [0.15, 0.2) is 0 Å². The van der Waals surface area contributed by atoms with Crippen molar-refractivity contribution in [1.82, 2.24) is 9.80 Å². The van der Waals surface area contributed by atoms with E-state index >= 15 is 0 Å². The first kappa shape index (κ1) is 23.6. The Labute approximate surface area is 197 Å². The van der Waals surface area contributed by atoms with Crippen molar-refractivity contribution >= 4 is 0 Å². The second-order valence-electron chi connectivity index (χ2n) is 14.2. The van der Waals surface area contributed by atoms with E-state index in [2.05, 4.69) is 65.7 Å². The molecule has 0 radical (unpaired) electrons. The molecule has 0 bridgehead atoms. The van der Waals surface area contributed by atoms with Crippen molar-refractivity contribution < 1.29 is 10.2 Å². The molecule has 2 spiro atoms. The second-order valence-corrected chi connectivity index (χ2v) is 14.2. The maximum Gasteiger partial charge on any atom is 0.0594 e. The summed E-state index contributed by atoms with van der Waals surface area (Å²) in [5.41, 5.74) is 1.36. The summed E-state index contributed by atoms with van der Waals surface area (Å²) in [4.78, 5) is 4.73. The van der Waals surface area contributed by atoms with Crippen LogP contribution in [0.3, 0.4) is 0 Å². The Morgan fingerprint density at radius 2 is 1.50 bits per heavy atom. The summed E-state index contributed by atoms with van der Waals surface area (Å²) < 4.78 is 0. The second kappa shape index (κ2) is 6.95. The molecule has 0 unspecified atom stereocenters. The Morgan fingerprint density at radius 3 is 2.09 bits per heavy atom. The van der Waals surface area contributed by atoms with Crippen LogP contribution in [0.4, 0.5) is 0 Å². The first-order valence-corrected chi connectivity index (χ1v) is 13.5. The highest BCUT2D eigenvalue weighted by atomic mass is 16.3. The number of aliphatic hydroxyl groups excluding tert-OH is 2. The van der Waals surface area contributed by atoms with Crippen LogP contribution in [0.25, 0.3) is 0 Å². The Hall–Kier alpha value is -0.160. The van der Waals surface area contributed by atoms with Gasteiger partial charge in [0.15, 0.2) is 0 Å². The van der Waals surface area contributed by atoms with Crippen molar-refractivity contribution in [2.24, 2.45) is 44.8 Å². The molecule has 184 valence electrons. The zero-order chi connectivity index (χ0) is 23.5. The molecule has 0 aromatic carbocycles. The third kappa shape index (κ3) is 2.49. The fourth-order valence-corrected chi connectivity index (χ4v) is 11.5. The monoisotopic (exact) mass is 446 g/mol. The molecule has 2 N–H and O–H groups in total. The molecular weight excluding hydrogens is 396 g/mol. The van der Waals surface area contributed by atoms with E-state index in [9.17, 15) is 10.2 Å². The molecule has 5 rings (SSSR count). The summed E-state index contributed by atoms with van der Waals surface area (Å²) >= 11 is 0. The summed E-state index contributed by atoms with van der Waals surface area (Å²) in [6.45, 7) is 10.2. The van der Waals surface area contributed by atoms with Gasteiger partial charge in [-0.1, -0.05) is 20.8 Å². The van der Waals surface area contributed by atoms with Gasteiger partial charge in [0.1, 0.15) is 0 Å². The Kier molecular flexibility index (Phi) is 5.12. The summed E-state index contributed by atoms with van der Waals surface area (Å²) in [6, 6.07) is 0.893. The largest absolute Gasteiger partial charge is 0.396 e. The molecule has 0 saturated heterocycles. The van der Waals surface area contributed by atoms with Gasteiger partial charge < -0.3 is 20.0 Å². The molecule has 5 aliphatic carbocycles. The number of rotatable bonds is 4. The number of hydrogen-bond donors (Lipinski definition) is 2. The van der Waals surface area contributed by atoms with Gasteiger partial charge in [0.2, 0.25) is 0 Å². The van der Waals surface area contributed by atoms with Crippen molar-refractivity contribution in [3.05, 3.63) is 0 Å². The highest BCUT2D eigenvalue weighted by Crippen LogP contribution is 2.89. The van der Waals surface area contributed by atoms with E-state index in [4.69, 9.17) is 0 Å². The maximum absolute atomic E-state index is 11.4. The lowest BCUT2D eigenvalue weighted by Gasteiger charge is -2.64. The fourth-order valence-electron chi connectivity index (χ4n) is 11.5. The molecule has 0 aliphatic heterocycles. The predicted octanol–water partition coefficient (Wildman–Crippen LogP) is 4.25. The Bertz CT molecular complexity index is 771. The molecule has 0 aromatic rings. The number of nitrogens with zero attached hydrogens (tertiary/aromatic N) is 2. The molecule has 4 heteroatoms. The van der Waals surface area contributed by atoms with Gasteiger partial charge in [-0.25, -0.2) is 0 Å². The van der Waals surface area contributed by atoms with Gasteiger partial charge in [-0.05, 0) is 120 Å². The van der Waals surface area contributed by atoms with Crippen LogP contribution in [0, 0.1) is 44.8 Å². The molecule has 32 heavy (non-hydrogen) atoms. The first-order valence-electron chi connectivity index (χ1n) is 13.5. The number of hydrogen-bond acceptors (Lipinski definition) is 4. The van der Waals surface area contributed by atoms with Crippen LogP contribution in [0.5, 0.6) is 0 Å². The van der Waals surface area contributed by atoms with Gasteiger partial charge >= 0.3 is 0 Å². The lowest BCUT2D eigenvalue weighted by Crippen LogP contribution is -2.61. The van der Waals surface area contributed by atoms with Crippen molar-refractivity contribution in [3.8, 4) is 0 Å². The van der Waals surface area contributed by atoms with Crippen molar-refractivity contribution in [3.63, 3.8) is 0 Å². The van der Waals surface area contributed by atoms with Crippen LogP contribution in [0.2, 0.25) is 0 Å². The first-order chi connectivity index (χ1) is 14.8. The highest BCUT2D eigenvalue weighted by Gasteiger charge is 2.83. The zero-order valence-electron chi connectivity index (χ0n) is 22.1. The summed E-state index contributed by atoms with van der Waals surface area (Å²) in [6.07, 6.45) is 9.94. The van der Waals surface area contributed by atoms with Crippen LogP contribution < -0.4 is 0 Å². The van der Waals surface area contributed by atoms with Gasteiger partial charge in [0.05, 0.1) is 12.7 Å². The van der Waals surface area contributed by atoms with Gasteiger partial charge in [0.25, 0.3) is 0 Å². The molecule has 0 heterocycles. The average Bonchev–Trinajstić information content (AvgIpc) is 3.32. The van der Waals surface area contributed by atoms with Crippen LogP contribution in [-0.4, -0.2) is 73.0 Å². The van der Waals surface area contributed by atoms with Crippen molar-refractivity contribution in [2.45, 2.75) is 97.2 Å². The normalized spacial score (nSPS) is 57.6. The minimum Gasteiger partial charge on any atom is -0.396 e. The SMILES string of the molecule is C[C@@H]([C@H]1[C@H](O)C[C@@]2(C)[C@@H]3CC[C@H]4[C@@](C)(CO)[C@@H](N(C)C)CC[C@@]45C[C@@]35CC[C@]12C)N(C)C. The van der Waals surface area contributed by atoms with Crippen molar-refractivity contribution in [2.75, 3.05) is 34.8 Å². The van der Waals surface area contributed by atoms with Crippen LogP contribution in [-0.2, 0) is 0 Å². The standard InChI is InChI=1S/C28H50N2O2/c1-18(29(5)6)23-19(32)15-26(4)21-10-9-20-24(2,17-31)22(30(7)8)11-12-27(20)16-28(21,27)14-13-25(23,26)3/h18-23,31-32H,9-17H2,1-8H3/t18-,19+,20-,21-,22-,23-,24+,25+,26-,27+,28-/m0/s1. The number of fused-ring (bicyclic) bond motifs is 2. The smallest absolute Gasteiger partial charge is 0.0594 e. The van der Waals surface area contributed by atoms with Crippen LogP contribution in [0.1, 0.15) is 79.1 Å². The average molecular weight is 447 g/mol. The molecule has 5 saturated carbocycles. The fraction of sp³-hybridized carbons (Fsp3) is 1.00. The van der Waals surface area contributed by atoms with Gasteiger partial charge in [0, 0.05) is 23.4 Å². The van der Waals surface area contributed by atoms with E-state index in [1.807, 2.05) is 0 Å². The van der Waals surface area contributed by atoms with Gasteiger partial charge in [-0.15, -0.1) is 0 Å². The van der Waals surface area contributed by atoms with E-state index < -0.39 is 0 Å².